The number of aldehydes is 1. The van der Waals surface area contributed by atoms with Crippen molar-refractivity contribution in [1.82, 2.24) is 5.16 Å². The summed E-state index contributed by atoms with van der Waals surface area (Å²) >= 11 is 0. The van der Waals surface area contributed by atoms with Crippen molar-refractivity contribution in [3.8, 4) is 0 Å². The molecule has 86 valence electrons. The minimum absolute atomic E-state index is 0.289. The standard InChI is InChI=1S/C12H10N2O3/c1-8-11(6-13-17-8)12(16)14-10-4-2-9(7-15)3-5-10/h2-7H,1H3,(H,14,16). The average molecular weight is 230 g/mol. The highest BCUT2D eigenvalue weighted by atomic mass is 16.5. The van der Waals surface area contributed by atoms with Gasteiger partial charge in [-0.15, -0.1) is 0 Å². The van der Waals surface area contributed by atoms with Crippen LogP contribution in [0.25, 0.3) is 0 Å². The Hall–Kier alpha value is -2.43. The number of rotatable bonds is 3. The number of carbonyl (C=O) groups excluding carboxylic acids is 2. The molecular formula is C12H10N2O3. The van der Waals surface area contributed by atoms with Crippen molar-refractivity contribution < 1.29 is 14.1 Å². The van der Waals surface area contributed by atoms with Crippen LogP contribution in [0.5, 0.6) is 0 Å². The smallest absolute Gasteiger partial charge is 0.260 e. The van der Waals surface area contributed by atoms with Crippen LogP contribution in [0.15, 0.2) is 35.0 Å². The van der Waals surface area contributed by atoms with E-state index in [2.05, 4.69) is 10.5 Å². The van der Waals surface area contributed by atoms with Crippen molar-refractivity contribution in [2.24, 2.45) is 0 Å². The fraction of sp³-hybridized carbons (Fsp3) is 0.0833. The van der Waals surface area contributed by atoms with Gasteiger partial charge in [0, 0.05) is 11.3 Å². The Bertz CT molecular complexity index is 543. The van der Waals surface area contributed by atoms with Crippen molar-refractivity contribution in [1.29, 1.82) is 0 Å². The number of anilines is 1. The van der Waals surface area contributed by atoms with Crippen LogP contribution in [0.3, 0.4) is 0 Å². The zero-order valence-corrected chi connectivity index (χ0v) is 9.14. The van der Waals surface area contributed by atoms with Crippen LogP contribution in [-0.4, -0.2) is 17.4 Å². The highest BCUT2D eigenvalue weighted by Gasteiger charge is 2.12. The lowest BCUT2D eigenvalue weighted by atomic mass is 10.2. The second-order valence-electron chi connectivity index (χ2n) is 3.49. The second kappa shape index (κ2) is 4.61. The fourth-order valence-electron chi connectivity index (χ4n) is 1.36. The van der Waals surface area contributed by atoms with E-state index in [1.807, 2.05) is 0 Å². The zero-order valence-electron chi connectivity index (χ0n) is 9.14. The Balaban J connectivity index is 2.13. The molecular weight excluding hydrogens is 220 g/mol. The van der Waals surface area contributed by atoms with E-state index in [1.165, 1.54) is 6.20 Å². The number of benzene rings is 1. The maximum absolute atomic E-state index is 11.8. The molecule has 1 N–H and O–H groups in total. The SMILES string of the molecule is Cc1oncc1C(=O)Nc1ccc(C=O)cc1. The highest BCUT2D eigenvalue weighted by molar-refractivity contribution is 6.04. The van der Waals surface area contributed by atoms with Crippen molar-refractivity contribution in [2.45, 2.75) is 6.92 Å². The molecule has 0 aliphatic rings. The second-order valence-corrected chi connectivity index (χ2v) is 3.49. The summed E-state index contributed by atoms with van der Waals surface area (Å²) in [5, 5.41) is 6.21. The predicted octanol–water partition coefficient (Wildman–Crippen LogP) is 2.05. The van der Waals surface area contributed by atoms with Gasteiger partial charge in [-0.2, -0.15) is 0 Å². The minimum Gasteiger partial charge on any atom is -0.361 e. The molecule has 0 saturated heterocycles. The molecule has 1 heterocycles. The summed E-state index contributed by atoms with van der Waals surface area (Å²) in [5.41, 5.74) is 1.56. The van der Waals surface area contributed by atoms with E-state index in [9.17, 15) is 9.59 Å². The molecule has 0 spiro atoms. The third-order valence-electron chi connectivity index (χ3n) is 2.30. The van der Waals surface area contributed by atoms with E-state index < -0.39 is 0 Å². The van der Waals surface area contributed by atoms with Gasteiger partial charge in [0.1, 0.15) is 17.6 Å². The number of nitrogens with zero attached hydrogens (tertiary/aromatic N) is 1. The van der Waals surface area contributed by atoms with E-state index in [1.54, 1.807) is 31.2 Å². The number of amides is 1. The predicted molar refractivity (Wildman–Crippen MR) is 61.0 cm³/mol. The molecule has 1 aromatic carbocycles. The minimum atomic E-state index is -0.289. The van der Waals surface area contributed by atoms with Gasteiger partial charge >= 0.3 is 0 Å². The van der Waals surface area contributed by atoms with Gasteiger partial charge < -0.3 is 9.84 Å². The van der Waals surface area contributed by atoms with Crippen molar-refractivity contribution in [3.05, 3.63) is 47.3 Å². The van der Waals surface area contributed by atoms with E-state index in [4.69, 9.17) is 4.52 Å². The molecule has 0 fully saturated rings. The largest absolute Gasteiger partial charge is 0.361 e. The molecule has 1 amide bonds. The number of hydrogen-bond acceptors (Lipinski definition) is 4. The lowest BCUT2D eigenvalue weighted by Crippen LogP contribution is -2.12. The molecule has 0 aliphatic heterocycles. The maximum atomic E-state index is 11.8. The normalized spacial score (nSPS) is 9.94. The number of aryl methyl sites for hydroxylation is 1. The van der Waals surface area contributed by atoms with Crippen LogP contribution >= 0.6 is 0 Å². The van der Waals surface area contributed by atoms with Gasteiger partial charge in [-0.1, -0.05) is 5.16 Å². The van der Waals surface area contributed by atoms with Crippen LogP contribution in [0.2, 0.25) is 0 Å². The molecule has 2 rings (SSSR count). The van der Waals surface area contributed by atoms with E-state index in [0.29, 0.717) is 22.6 Å². The number of aromatic nitrogens is 1. The van der Waals surface area contributed by atoms with Gasteiger partial charge in [0.05, 0.1) is 6.20 Å². The van der Waals surface area contributed by atoms with E-state index in [-0.39, 0.29) is 5.91 Å². The quantitative estimate of drug-likeness (QED) is 0.819. The van der Waals surface area contributed by atoms with Gasteiger partial charge in [0.2, 0.25) is 0 Å². The maximum Gasteiger partial charge on any atom is 0.260 e. The molecule has 0 atom stereocenters. The fourth-order valence-corrected chi connectivity index (χ4v) is 1.36. The van der Waals surface area contributed by atoms with Gasteiger partial charge in [0.15, 0.2) is 0 Å². The highest BCUT2D eigenvalue weighted by Crippen LogP contribution is 2.12. The van der Waals surface area contributed by atoms with Crippen LogP contribution in [0, 0.1) is 6.92 Å². The third-order valence-corrected chi connectivity index (χ3v) is 2.30. The van der Waals surface area contributed by atoms with Crippen molar-refractivity contribution in [3.63, 3.8) is 0 Å². The van der Waals surface area contributed by atoms with E-state index >= 15 is 0 Å². The molecule has 5 nitrogen and oxygen atoms in total. The number of nitrogens with one attached hydrogen (secondary N) is 1. The van der Waals surface area contributed by atoms with Crippen LogP contribution in [0.4, 0.5) is 5.69 Å². The average Bonchev–Trinajstić information content (AvgIpc) is 2.76. The first-order valence-electron chi connectivity index (χ1n) is 4.98. The summed E-state index contributed by atoms with van der Waals surface area (Å²) in [6.07, 6.45) is 2.11. The molecule has 1 aromatic heterocycles. The Morgan fingerprint density at radius 1 is 1.35 bits per heavy atom. The van der Waals surface area contributed by atoms with Gasteiger partial charge in [-0.3, -0.25) is 9.59 Å². The molecule has 0 aliphatic carbocycles. The van der Waals surface area contributed by atoms with Crippen LogP contribution in [0.1, 0.15) is 26.5 Å². The Morgan fingerprint density at radius 2 is 2.06 bits per heavy atom. The third kappa shape index (κ3) is 2.39. The molecule has 0 unspecified atom stereocenters. The number of hydrogen-bond donors (Lipinski definition) is 1. The number of carbonyl (C=O) groups is 2. The molecule has 0 bridgehead atoms. The first kappa shape index (κ1) is 11.1. The summed E-state index contributed by atoms with van der Waals surface area (Å²) in [6, 6.07) is 6.57. The zero-order chi connectivity index (χ0) is 12.3. The van der Waals surface area contributed by atoms with Crippen molar-refractivity contribution in [2.75, 3.05) is 5.32 Å². The summed E-state index contributed by atoms with van der Waals surface area (Å²) in [4.78, 5) is 22.2. The summed E-state index contributed by atoms with van der Waals surface area (Å²) in [7, 11) is 0. The first-order valence-corrected chi connectivity index (χ1v) is 4.98. The summed E-state index contributed by atoms with van der Waals surface area (Å²) in [5.74, 6) is 0.176. The molecule has 5 heteroatoms. The summed E-state index contributed by atoms with van der Waals surface area (Å²) in [6.45, 7) is 1.66. The Morgan fingerprint density at radius 3 is 2.59 bits per heavy atom. The topological polar surface area (TPSA) is 72.2 Å². The van der Waals surface area contributed by atoms with Gasteiger partial charge in [-0.25, -0.2) is 0 Å². The Labute approximate surface area is 97.4 Å². The van der Waals surface area contributed by atoms with Crippen LogP contribution < -0.4 is 5.32 Å². The van der Waals surface area contributed by atoms with Crippen LogP contribution in [-0.2, 0) is 0 Å². The Kier molecular flexibility index (Phi) is 3.00. The van der Waals surface area contributed by atoms with Gasteiger partial charge in [0.25, 0.3) is 5.91 Å². The summed E-state index contributed by atoms with van der Waals surface area (Å²) < 4.78 is 4.80. The van der Waals surface area contributed by atoms with Gasteiger partial charge in [-0.05, 0) is 31.2 Å². The van der Waals surface area contributed by atoms with Crippen molar-refractivity contribution >= 4 is 17.9 Å². The molecule has 2 aromatic rings. The van der Waals surface area contributed by atoms with E-state index in [0.717, 1.165) is 6.29 Å². The monoisotopic (exact) mass is 230 g/mol. The molecule has 0 radical (unpaired) electrons. The molecule has 0 saturated carbocycles. The first-order chi connectivity index (χ1) is 8.20. The molecule has 17 heavy (non-hydrogen) atoms. The lowest BCUT2D eigenvalue weighted by Gasteiger charge is -2.03. The lowest BCUT2D eigenvalue weighted by molar-refractivity contribution is 0.102.